The molecule has 2 fully saturated rings. The molecule has 2 N–H and O–H groups in total. The lowest BCUT2D eigenvalue weighted by molar-refractivity contribution is -0.119. The summed E-state index contributed by atoms with van der Waals surface area (Å²) in [5, 5.41) is 11.2. The van der Waals surface area contributed by atoms with Crippen LogP contribution >= 0.6 is 0 Å². The molecule has 1 atom stereocenters. The third-order valence-electron chi connectivity index (χ3n) is 5.82. The van der Waals surface area contributed by atoms with E-state index in [1.807, 2.05) is 18.8 Å². The minimum atomic E-state index is 0.0738. The highest BCUT2D eigenvalue weighted by atomic mass is 16.1. The van der Waals surface area contributed by atoms with Crippen LogP contribution in [0.4, 0.5) is 0 Å². The van der Waals surface area contributed by atoms with E-state index in [-0.39, 0.29) is 11.3 Å². The third kappa shape index (κ3) is 3.57. The molecule has 0 aromatic carbocycles. The van der Waals surface area contributed by atoms with Gasteiger partial charge in [-0.2, -0.15) is 5.10 Å². The van der Waals surface area contributed by atoms with E-state index in [4.69, 9.17) is 0 Å². The highest BCUT2D eigenvalue weighted by Gasteiger charge is 2.42. The van der Waals surface area contributed by atoms with Crippen molar-refractivity contribution >= 4 is 11.9 Å². The summed E-state index contributed by atoms with van der Waals surface area (Å²) in [6.07, 6.45) is 4.76. The van der Waals surface area contributed by atoms with Crippen LogP contribution in [0.1, 0.15) is 50.1 Å². The van der Waals surface area contributed by atoms with Gasteiger partial charge in [0, 0.05) is 63.4 Å². The molecule has 0 aliphatic carbocycles. The fraction of sp³-hybridized carbons (Fsp3) is 0.737. The number of likely N-dealkylation sites (tertiary alicyclic amines) is 1. The van der Waals surface area contributed by atoms with Crippen LogP contribution in [-0.2, 0) is 31.2 Å². The summed E-state index contributed by atoms with van der Waals surface area (Å²) in [5.74, 6) is 1.11. The third-order valence-corrected chi connectivity index (χ3v) is 5.82. The Morgan fingerprint density at radius 1 is 1.38 bits per heavy atom. The lowest BCUT2D eigenvalue weighted by Crippen LogP contribution is -2.51. The normalized spacial score (nSPS) is 23.6. The van der Waals surface area contributed by atoms with E-state index in [2.05, 4.69) is 39.5 Å². The number of carbonyl (C=O) groups is 1. The van der Waals surface area contributed by atoms with E-state index in [1.54, 1.807) is 0 Å². The molecule has 0 radical (unpaired) electrons. The number of aromatic nitrogens is 2. The average Bonchev–Trinajstić information content (AvgIpc) is 3.14. The topological polar surface area (TPSA) is 74.6 Å². The molecule has 26 heavy (non-hydrogen) atoms. The molecule has 3 heterocycles. The zero-order valence-corrected chi connectivity index (χ0v) is 16.6. The van der Waals surface area contributed by atoms with Crippen molar-refractivity contribution in [2.45, 2.75) is 52.5 Å². The SMILES string of the molecule is CCc1nn(C)c(CC)c1CNC(=NC)N1CCCC2(CNC(=O)C2)C1. The van der Waals surface area contributed by atoms with Crippen molar-refractivity contribution in [1.29, 1.82) is 0 Å². The fourth-order valence-corrected chi connectivity index (χ4v) is 4.52. The van der Waals surface area contributed by atoms with Gasteiger partial charge >= 0.3 is 0 Å². The molecule has 1 spiro atoms. The molecule has 1 unspecified atom stereocenters. The standard InChI is InChI=1S/C19H32N6O/c1-5-15-14(16(6-2)24(4)23-15)11-21-18(20-3)25-9-7-8-19(13-25)10-17(26)22-12-19/h5-13H2,1-4H3,(H,20,21)(H,22,26). The second kappa shape index (κ2) is 7.68. The molecule has 3 rings (SSSR count). The Balaban J connectivity index is 1.70. The average molecular weight is 361 g/mol. The molecule has 7 heteroatoms. The van der Waals surface area contributed by atoms with Gasteiger partial charge < -0.3 is 15.5 Å². The number of aliphatic imine (C=N–C) groups is 1. The Bertz CT molecular complexity index is 694. The number of nitrogens with one attached hydrogen (secondary N) is 2. The molecule has 144 valence electrons. The summed E-state index contributed by atoms with van der Waals surface area (Å²) >= 11 is 0. The van der Waals surface area contributed by atoms with Crippen molar-refractivity contribution in [3.05, 3.63) is 17.0 Å². The number of piperidine rings is 1. The van der Waals surface area contributed by atoms with Gasteiger partial charge in [-0.3, -0.25) is 14.5 Å². The summed E-state index contributed by atoms with van der Waals surface area (Å²) < 4.78 is 2.00. The van der Waals surface area contributed by atoms with Gasteiger partial charge in [0.1, 0.15) is 0 Å². The van der Waals surface area contributed by atoms with Crippen molar-refractivity contribution in [2.75, 3.05) is 26.7 Å². The molecule has 7 nitrogen and oxygen atoms in total. The van der Waals surface area contributed by atoms with E-state index >= 15 is 0 Å². The van der Waals surface area contributed by atoms with Crippen LogP contribution in [0.15, 0.2) is 4.99 Å². The van der Waals surface area contributed by atoms with Crippen molar-refractivity contribution in [1.82, 2.24) is 25.3 Å². The Labute approximate surface area is 156 Å². The van der Waals surface area contributed by atoms with E-state index < -0.39 is 0 Å². The van der Waals surface area contributed by atoms with Gasteiger partial charge in [0.05, 0.1) is 5.69 Å². The molecule has 1 amide bonds. The second-order valence-electron chi connectivity index (χ2n) is 7.58. The highest BCUT2D eigenvalue weighted by Crippen LogP contribution is 2.36. The van der Waals surface area contributed by atoms with Gasteiger partial charge in [-0.1, -0.05) is 13.8 Å². The Morgan fingerprint density at radius 2 is 2.19 bits per heavy atom. The van der Waals surface area contributed by atoms with E-state index in [1.165, 1.54) is 11.3 Å². The molecule has 2 aliphatic heterocycles. The highest BCUT2D eigenvalue weighted by molar-refractivity contribution is 5.81. The molecule has 2 aliphatic rings. The molecule has 1 aromatic rings. The number of amides is 1. The van der Waals surface area contributed by atoms with Gasteiger partial charge in [-0.25, -0.2) is 0 Å². The van der Waals surface area contributed by atoms with Crippen LogP contribution in [-0.4, -0.2) is 53.2 Å². The van der Waals surface area contributed by atoms with Crippen molar-refractivity contribution in [3.63, 3.8) is 0 Å². The van der Waals surface area contributed by atoms with E-state index in [0.717, 1.165) is 63.5 Å². The quantitative estimate of drug-likeness (QED) is 0.625. The Hall–Kier alpha value is -2.05. The van der Waals surface area contributed by atoms with Gasteiger partial charge in [-0.05, 0) is 25.7 Å². The van der Waals surface area contributed by atoms with Crippen LogP contribution in [0.25, 0.3) is 0 Å². The smallest absolute Gasteiger partial charge is 0.220 e. The van der Waals surface area contributed by atoms with Gasteiger partial charge in [-0.15, -0.1) is 0 Å². The fourth-order valence-electron chi connectivity index (χ4n) is 4.52. The molecule has 0 bridgehead atoms. The van der Waals surface area contributed by atoms with Gasteiger partial charge in [0.25, 0.3) is 0 Å². The summed E-state index contributed by atoms with van der Waals surface area (Å²) in [5.41, 5.74) is 3.81. The molecule has 2 saturated heterocycles. The number of guanidine groups is 1. The molecular weight excluding hydrogens is 328 g/mol. The maximum atomic E-state index is 11.7. The zero-order chi connectivity index (χ0) is 18.7. The predicted octanol–water partition coefficient (Wildman–Crippen LogP) is 1.22. The number of aryl methyl sites for hydroxylation is 2. The van der Waals surface area contributed by atoms with Crippen LogP contribution in [0.2, 0.25) is 0 Å². The number of carbonyl (C=O) groups excluding carboxylic acids is 1. The first-order chi connectivity index (χ1) is 12.5. The molecular formula is C19H32N6O. The predicted molar refractivity (Wildman–Crippen MR) is 103 cm³/mol. The Morgan fingerprint density at radius 3 is 2.81 bits per heavy atom. The monoisotopic (exact) mass is 360 g/mol. The maximum absolute atomic E-state index is 11.7. The van der Waals surface area contributed by atoms with E-state index in [9.17, 15) is 4.79 Å². The summed E-state index contributed by atoms with van der Waals surface area (Å²) in [6, 6.07) is 0. The summed E-state index contributed by atoms with van der Waals surface area (Å²) in [4.78, 5) is 18.6. The van der Waals surface area contributed by atoms with Crippen LogP contribution in [0.3, 0.4) is 0 Å². The lowest BCUT2D eigenvalue weighted by Gasteiger charge is -2.40. The zero-order valence-electron chi connectivity index (χ0n) is 16.6. The van der Waals surface area contributed by atoms with Crippen molar-refractivity contribution in [2.24, 2.45) is 17.5 Å². The van der Waals surface area contributed by atoms with Crippen LogP contribution < -0.4 is 10.6 Å². The summed E-state index contributed by atoms with van der Waals surface area (Å²) in [6.45, 7) is 7.74. The van der Waals surface area contributed by atoms with Gasteiger partial charge in [0.2, 0.25) is 5.91 Å². The van der Waals surface area contributed by atoms with Crippen LogP contribution in [0, 0.1) is 5.41 Å². The largest absolute Gasteiger partial charge is 0.355 e. The first kappa shape index (κ1) is 18.7. The van der Waals surface area contributed by atoms with Crippen molar-refractivity contribution in [3.8, 4) is 0 Å². The second-order valence-corrected chi connectivity index (χ2v) is 7.58. The van der Waals surface area contributed by atoms with Crippen molar-refractivity contribution < 1.29 is 4.79 Å². The van der Waals surface area contributed by atoms with E-state index in [0.29, 0.717) is 6.42 Å². The minimum Gasteiger partial charge on any atom is -0.355 e. The minimum absolute atomic E-state index is 0.0738. The number of hydrogen-bond acceptors (Lipinski definition) is 3. The number of hydrogen-bond donors (Lipinski definition) is 2. The number of nitrogens with zero attached hydrogens (tertiary/aromatic N) is 4. The summed E-state index contributed by atoms with van der Waals surface area (Å²) in [7, 11) is 3.86. The lowest BCUT2D eigenvalue weighted by atomic mass is 9.79. The Kier molecular flexibility index (Phi) is 5.53. The first-order valence-corrected chi connectivity index (χ1v) is 9.78. The first-order valence-electron chi connectivity index (χ1n) is 9.78. The van der Waals surface area contributed by atoms with Gasteiger partial charge in [0.15, 0.2) is 5.96 Å². The molecule has 0 saturated carbocycles. The van der Waals surface area contributed by atoms with Crippen LogP contribution in [0.5, 0.6) is 0 Å². The number of rotatable bonds is 4. The maximum Gasteiger partial charge on any atom is 0.220 e. The molecule has 1 aromatic heterocycles.